The number of carboxylic acid groups (broad SMARTS) is 1. The van der Waals surface area contributed by atoms with Crippen molar-refractivity contribution in [1.82, 2.24) is 0 Å². The van der Waals surface area contributed by atoms with Crippen molar-refractivity contribution in [2.45, 2.75) is 27.2 Å². The summed E-state index contributed by atoms with van der Waals surface area (Å²) < 4.78 is 5.39. The van der Waals surface area contributed by atoms with Crippen LogP contribution in [0.1, 0.15) is 46.5 Å². The molecule has 4 nitrogen and oxygen atoms in total. The van der Waals surface area contributed by atoms with Crippen LogP contribution >= 0.6 is 0 Å². The van der Waals surface area contributed by atoms with Gasteiger partial charge >= 0.3 is 5.97 Å². The molecule has 2 N–H and O–H groups in total. The van der Waals surface area contributed by atoms with Gasteiger partial charge in [0.1, 0.15) is 17.1 Å². The van der Waals surface area contributed by atoms with Crippen LogP contribution in [0.2, 0.25) is 0 Å². The fourth-order valence-electron chi connectivity index (χ4n) is 2.71. The lowest BCUT2D eigenvalue weighted by molar-refractivity contribution is 0.0693. The lowest BCUT2D eigenvalue weighted by Crippen LogP contribution is -2.04. The Bertz CT molecular complexity index is 872. The Morgan fingerprint density at radius 1 is 1.19 bits per heavy atom. The van der Waals surface area contributed by atoms with Crippen LogP contribution in [0.25, 0.3) is 12.2 Å². The number of hydrogen-bond acceptors (Lipinski definition) is 3. The summed E-state index contributed by atoms with van der Waals surface area (Å²) >= 11 is 0. The average molecular weight is 352 g/mol. The number of aromatic hydroxyl groups is 1. The van der Waals surface area contributed by atoms with E-state index in [-0.39, 0.29) is 11.3 Å². The highest BCUT2D eigenvalue weighted by molar-refractivity contribution is 5.97. The molecule has 0 fully saturated rings. The first kappa shape index (κ1) is 19.3. The van der Waals surface area contributed by atoms with E-state index in [9.17, 15) is 15.0 Å². The molecule has 26 heavy (non-hydrogen) atoms. The zero-order chi connectivity index (χ0) is 19.3. The highest BCUT2D eigenvalue weighted by atomic mass is 16.5. The number of phenols is 1. The zero-order valence-electron chi connectivity index (χ0n) is 15.5. The molecule has 0 unspecified atom stereocenters. The second kappa shape index (κ2) is 8.39. The molecule has 0 aromatic heterocycles. The van der Waals surface area contributed by atoms with Gasteiger partial charge in [-0.2, -0.15) is 0 Å². The van der Waals surface area contributed by atoms with E-state index in [1.807, 2.05) is 57.2 Å². The molecule has 0 saturated carbocycles. The molecular weight excluding hydrogens is 328 g/mol. The smallest absolute Gasteiger partial charge is 0.340 e. The Hall–Kier alpha value is -3.01. The molecule has 136 valence electrons. The summed E-state index contributed by atoms with van der Waals surface area (Å²) in [5, 5.41) is 20.2. The number of carboxylic acids is 1. The molecular formula is C22H24O4. The number of ether oxygens (including phenoxy) is 1. The number of carbonyl (C=O) groups is 1. The van der Waals surface area contributed by atoms with Crippen LogP contribution in [0.5, 0.6) is 11.5 Å². The number of hydrogen-bond donors (Lipinski definition) is 2. The van der Waals surface area contributed by atoms with Crippen molar-refractivity contribution in [3.63, 3.8) is 0 Å². The summed E-state index contributed by atoms with van der Waals surface area (Å²) in [6.07, 6.45) is 5.83. The molecule has 2 aromatic carbocycles. The van der Waals surface area contributed by atoms with Crippen LogP contribution in [-0.4, -0.2) is 23.3 Å². The summed E-state index contributed by atoms with van der Waals surface area (Å²) in [4.78, 5) is 11.7. The van der Waals surface area contributed by atoms with Crippen molar-refractivity contribution >= 4 is 18.1 Å². The molecule has 2 aromatic rings. The lowest BCUT2D eigenvalue weighted by atomic mass is 9.97. The van der Waals surface area contributed by atoms with Gasteiger partial charge in [-0.3, -0.25) is 0 Å². The third-order valence-electron chi connectivity index (χ3n) is 4.04. The zero-order valence-corrected chi connectivity index (χ0v) is 15.5. The Labute approximate surface area is 154 Å². The molecule has 0 saturated heterocycles. The van der Waals surface area contributed by atoms with E-state index in [0.29, 0.717) is 23.3 Å². The number of methoxy groups -OCH3 is 1. The summed E-state index contributed by atoms with van der Waals surface area (Å²) in [5.74, 6) is -0.959. The van der Waals surface area contributed by atoms with E-state index in [4.69, 9.17) is 4.74 Å². The number of aromatic carboxylic acids is 1. The van der Waals surface area contributed by atoms with E-state index in [1.165, 1.54) is 7.11 Å². The monoisotopic (exact) mass is 352 g/mol. The molecule has 0 radical (unpaired) electrons. The highest BCUT2D eigenvalue weighted by Crippen LogP contribution is 2.36. The van der Waals surface area contributed by atoms with Crippen LogP contribution in [0.4, 0.5) is 0 Å². The van der Waals surface area contributed by atoms with E-state index >= 15 is 0 Å². The maximum atomic E-state index is 11.7. The van der Waals surface area contributed by atoms with Gasteiger partial charge in [-0.25, -0.2) is 4.79 Å². The molecule has 0 atom stereocenters. The van der Waals surface area contributed by atoms with E-state index < -0.39 is 5.97 Å². The molecule has 0 heterocycles. The number of rotatable bonds is 6. The van der Waals surface area contributed by atoms with Gasteiger partial charge in [0.25, 0.3) is 0 Å². The molecule has 0 spiro atoms. The SMILES string of the molecule is COc1cc(/C=C/c2cccc(C)c2)c(C(=O)O)c(O)c1CC=C(C)C. The van der Waals surface area contributed by atoms with Crippen molar-refractivity contribution in [3.8, 4) is 11.5 Å². The van der Waals surface area contributed by atoms with E-state index in [2.05, 4.69) is 0 Å². The second-order valence-electron chi connectivity index (χ2n) is 6.41. The predicted octanol–water partition coefficient (Wildman–Crippen LogP) is 5.09. The summed E-state index contributed by atoms with van der Waals surface area (Å²) in [7, 11) is 1.51. The molecule has 0 amide bonds. The quantitative estimate of drug-likeness (QED) is 0.561. The number of allylic oxidation sites excluding steroid dienone is 2. The van der Waals surface area contributed by atoms with Gasteiger partial charge in [-0.15, -0.1) is 0 Å². The van der Waals surface area contributed by atoms with Crippen molar-refractivity contribution in [3.05, 3.63) is 69.8 Å². The van der Waals surface area contributed by atoms with Crippen LogP contribution < -0.4 is 4.74 Å². The maximum Gasteiger partial charge on any atom is 0.340 e. The molecule has 0 aliphatic rings. The third-order valence-corrected chi connectivity index (χ3v) is 4.04. The first-order valence-electron chi connectivity index (χ1n) is 8.37. The van der Waals surface area contributed by atoms with Crippen molar-refractivity contribution < 1.29 is 19.7 Å². The number of benzene rings is 2. The topological polar surface area (TPSA) is 66.8 Å². The van der Waals surface area contributed by atoms with Crippen molar-refractivity contribution in [2.75, 3.05) is 7.11 Å². The van der Waals surface area contributed by atoms with Crippen molar-refractivity contribution in [2.24, 2.45) is 0 Å². The van der Waals surface area contributed by atoms with Gasteiger partial charge in [-0.1, -0.05) is 53.6 Å². The third kappa shape index (κ3) is 4.54. The fourth-order valence-corrected chi connectivity index (χ4v) is 2.71. The van der Waals surface area contributed by atoms with Gasteiger partial charge in [0.05, 0.1) is 7.11 Å². The minimum atomic E-state index is -1.17. The maximum absolute atomic E-state index is 11.7. The van der Waals surface area contributed by atoms with Gasteiger partial charge in [0, 0.05) is 5.56 Å². The molecule has 0 bridgehead atoms. The summed E-state index contributed by atoms with van der Waals surface area (Å²) in [5.41, 5.74) is 3.89. The summed E-state index contributed by atoms with van der Waals surface area (Å²) in [6.45, 7) is 5.88. The van der Waals surface area contributed by atoms with Crippen molar-refractivity contribution in [1.29, 1.82) is 0 Å². The van der Waals surface area contributed by atoms with E-state index in [0.717, 1.165) is 16.7 Å². The van der Waals surface area contributed by atoms with Gasteiger partial charge < -0.3 is 14.9 Å². The molecule has 0 aliphatic heterocycles. The minimum Gasteiger partial charge on any atom is -0.507 e. The lowest BCUT2D eigenvalue weighted by Gasteiger charge is -2.14. The standard InChI is InChI=1S/C22H24O4/c1-14(2)8-11-18-19(26-4)13-17(20(21(18)23)22(24)25)10-9-16-7-5-6-15(3)12-16/h5-10,12-13,23H,11H2,1-4H3,(H,24,25)/b10-9+. The summed E-state index contributed by atoms with van der Waals surface area (Å²) in [6, 6.07) is 9.52. The van der Waals surface area contributed by atoms with Crippen LogP contribution in [-0.2, 0) is 6.42 Å². The minimum absolute atomic E-state index is 0.119. The van der Waals surface area contributed by atoms with Gasteiger partial charge in [-0.05, 0) is 44.4 Å². The predicted molar refractivity (Wildman–Crippen MR) is 105 cm³/mol. The first-order valence-corrected chi connectivity index (χ1v) is 8.37. The average Bonchev–Trinajstić information content (AvgIpc) is 2.57. The molecule has 0 aliphatic carbocycles. The Balaban J connectivity index is 2.56. The van der Waals surface area contributed by atoms with Crippen LogP contribution in [0.15, 0.2) is 42.0 Å². The van der Waals surface area contributed by atoms with Crippen LogP contribution in [0, 0.1) is 6.92 Å². The van der Waals surface area contributed by atoms with E-state index in [1.54, 1.807) is 12.1 Å². The second-order valence-corrected chi connectivity index (χ2v) is 6.41. The van der Waals surface area contributed by atoms with Gasteiger partial charge in [0.15, 0.2) is 0 Å². The Kier molecular flexibility index (Phi) is 6.23. The number of aryl methyl sites for hydroxylation is 1. The fraction of sp³-hybridized carbons (Fsp3) is 0.227. The molecule has 2 rings (SSSR count). The van der Waals surface area contributed by atoms with Crippen LogP contribution in [0.3, 0.4) is 0 Å². The molecule has 4 heteroatoms. The Morgan fingerprint density at radius 3 is 2.50 bits per heavy atom. The van der Waals surface area contributed by atoms with Gasteiger partial charge in [0.2, 0.25) is 0 Å². The highest BCUT2D eigenvalue weighted by Gasteiger charge is 2.21. The Morgan fingerprint density at radius 2 is 1.92 bits per heavy atom. The largest absolute Gasteiger partial charge is 0.507 e. The first-order chi connectivity index (χ1) is 12.3. The normalized spacial score (nSPS) is 10.8.